The summed E-state index contributed by atoms with van der Waals surface area (Å²) in [6.07, 6.45) is 1.57. The third kappa shape index (κ3) is 4.53. The Hall–Kier alpha value is -4.20. The second-order valence-electron chi connectivity index (χ2n) is 6.62. The van der Waals surface area contributed by atoms with Crippen LogP contribution in [0.1, 0.15) is 16.1 Å². The maximum absolute atomic E-state index is 13.0. The molecule has 4 aromatic rings. The Bertz CT molecular complexity index is 1160. The van der Waals surface area contributed by atoms with Gasteiger partial charge in [0.05, 0.1) is 14.2 Å². The van der Waals surface area contributed by atoms with Gasteiger partial charge in [0.25, 0.3) is 5.91 Å². The number of nitrogens with one attached hydrogen (secondary N) is 1. The van der Waals surface area contributed by atoms with Crippen LogP contribution in [-0.2, 0) is 6.54 Å². The third-order valence-corrected chi connectivity index (χ3v) is 4.64. The summed E-state index contributed by atoms with van der Waals surface area (Å²) >= 11 is 0. The lowest BCUT2D eigenvalue weighted by Gasteiger charge is -2.07. The van der Waals surface area contributed by atoms with E-state index >= 15 is 0 Å². The fraction of sp³-hybridized carbons (Fsp3) is 0.130. The van der Waals surface area contributed by atoms with Crippen molar-refractivity contribution in [1.82, 2.24) is 19.7 Å². The first-order chi connectivity index (χ1) is 15.2. The average molecular weight is 415 g/mol. The van der Waals surface area contributed by atoms with E-state index in [0.717, 1.165) is 22.6 Å². The second kappa shape index (κ2) is 9.08. The zero-order chi connectivity index (χ0) is 21.6. The molecule has 2 aromatic heterocycles. The molecule has 0 fully saturated rings. The van der Waals surface area contributed by atoms with Crippen LogP contribution in [0.4, 0.5) is 5.95 Å². The topological polar surface area (TPSA) is 91.2 Å². The largest absolute Gasteiger partial charge is 0.497 e. The molecule has 156 valence electrons. The van der Waals surface area contributed by atoms with Crippen LogP contribution in [0.5, 0.6) is 11.5 Å². The molecular formula is C23H21N5O3. The molecule has 0 bridgehead atoms. The van der Waals surface area contributed by atoms with Gasteiger partial charge in [-0.1, -0.05) is 18.2 Å². The van der Waals surface area contributed by atoms with Crippen LogP contribution >= 0.6 is 0 Å². The lowest BCUT2D eigenvalue weighted by Crippen LogP contribution is -2.18. The Morgan fingerprint density at radius 2 is 1.61 bits per heavy atom. The molecule has 1 N–H and O–H groups in total. The highest BCUT2D eigenvalue weighted by Gasteiger charge is 2.19. The van der Waals surface area contributed by atoms with Crippen LogP contribution in [0.25, 0.3) is 11.4 Å². The maximum Gasteiger partial charge on any atom is 0.299 e. The minimum Gasteiger partial charge on any atom is -0.497 e. The molecule has 8 nitrogen and oxygen atoms in total. The average Bonchev–Trinajstić information content (AvgIpc) is 3.27. The smallest absolute Gasteiger partial charge is 0.299 e. The van der Waals surface area contributed by atoms with Crippen molar-refractivity contribution in [3.05, 3.63) is 84.2 Å². The number of aromatic nitrogens is 4. The minimum atomic E-state index is -0.370. The molecule has 0 atom stereocenters. The first-order valence-corrected chi connectivity index (χ1v) is 9.62. The van der Waals surface area contributed by atoms with Crippen LogP contribution in [0.2, 0.25) is 0 Å². The van der Waals surface area contributed by atoms with Crippen LogP contribution in [-0.4, -0.2) is 39.9 Å². The number of pyridine rings is 1. The van der Waals surface area contributed by atoms with Crippen LogP contribution in [0.15, 0.2) is 72.9 Å². The summed E-state index contributed by atoms with van der Waals surface area (Å²) in [6, 6.07) is 20.1. The van der Waals surface area contributed by atoms with E-state index in [4.69, 9.17) is 9.47 Å². The van der Waals surface area contributed by atoms with E-state index < -0.39 is 0 Å². The number of ether oxygens (including phenoxy) is 2. The lowest BCUT2D eigenvalue weighted by molar-refractivity contribution is 0.0942. The summed E-state index contributed by atoms with van der Waals surface area (Å²) in [4.78, 5) is 21.7. The highest BCUT2D eigenvalue weighted by molar-refractivity contribution is 5.95. The number of benzene rings is 2. The van der Waals surface area contributed by atoms with Crippen molar-refractivity contribution in [2.24, 2.45) is 0 Å². The van der Waals surface area contributed by atoms with Gasteiger partial charge in [-0.2, -0.15) is 9.67 Å². The van der Waals surface area contributed by atoms with E-state index in [-0.39, 0.29) is 11.6 Å². The first kappa shape index (κ1) is 20.1. The number of hydrogen-bond acceptors (Lipinski definition) is 7. The fourth-order valence-corrected chi connectivity index (χ4v) is 2.95. The normalized spacial score (nSPS) is 10.5. The number of hydrogen-bond donors (Lipinski definition) is 1. The van der Waals surface area contributed by atoms with Gasteiger partial charge < -0.3 is 14.8 Å². The van der Waals surface area contributed by atoms with E-state index in [1.807, 2.05) is 48.5 Å². The fourth-order valence-electron chi connectivity index (χ4n) is 2.95. The SMILES string of the molecule is COc1ccc(CNc2nc(-c3ccc(OC)cc3)nn2C(=O)c2ccccn2)cc1. The molecule has 0 saturated carbocycles. The van der Waals surface area contributed by atoms with Crippen LogP contribution < -0.4 is 14.8 Å². The summed E-state index contributed by atoms with van der Waals surface area (Å²) in [5.41, 5.74) is 2.05. The van der Waals surface area contributed by atoms with Crippen molar-refractivity contribution in [1.29, 1.82) is 0 Å². The van der Waals surface area contributed by atoms with E-state index in [0.29, 0.717) is 18.3 Å². The van der Waals surface area contributed by atoms with Gasteiger partial charge in [-0.15, -0.1) is 5.10 Å². The number of anilines is 1. The van der Waals surface area contributed by atoms with Crippen molar-refractivity contribution >= 4 is 11.9 Å². The van der Waals surface area contributed by atoms with Crippen LogP contribution in [0, 0.1) is 0 Å². The van der Waals surface area contributed by atoms with Crippen molar-refractivity contribution in [3.8, 4) is 22.9 Å². The van der Waals surface area contributed by atoms with E-state index in [9.17, 15) is 4.79 Å². The van der Waals surface area contributed by atoms with Gasteiger partial charge in [0.1, 0.15) is 17.2 Å². The molecule has 0 spiro atoms. The predicted octanol–water partition coefficient (Wildman–Crippen LogP) is 3.66. The van der Waals surface area contributed by atoms with Crippen molar-refractivity contribution in [2.45, 2.75) is 6.54 Å². The van der Waals surface area contributed by atoms with Gasteiger partial charge in [0, 0.05) is 18.3 Å². The molecule has 0 amide bonds. The summed E-state index contributed by atoms with van der Waals surface area (Å²) < 4.78 is 11.6. The summed E-state index contributed by atoms with van der Waals surface area (Å²) in [5.74, 6) is 1.89. The molecule has 8 heteroatoms. The standard InChI is InChI=1S/C23H21N5O3/c1-30-18-10-6-16(7-11-18)15-25-23-26-21(17-8-12-19(31-2)13-9-17)27-28(23)22(29)20-5-3-4-14-24-20/h3-14H,15H2,1-2H3,(H,25,26,27). The lowest BCUT2D eigenvalue weighted by atomic mass is 10.2. The van der Waals surface area contributed by atoms with Crippen LogP contribution in [0.3, 0.4) is 0 Å². The summed E-state index contributed by atoms with van der Waals surface area (Å²) in [6.45, 7) is 0.459. The molecule has 0 saturated heterocycles. The van der Waals surface area contributed by atoms with Crippen molar-refractivity contribution in [2.75, 3.05) is 19.5 Å². The van der Waals surface area contributed by atoms with Crippen molar-refractivity contribution in [3.63, 3.8) is 0 Å². The molecule has 0 aliphatic rings. The molecule has 0 unspecified atom stereocenters. The monoisotopic (exact) mass is 415 g/mol. The molecular weight excluding hydrogens is 394 g/mol. The predicted molar refractivity (Wildman–Crippen MR) is 116 cm³/mol. The molecule has 4 rings (SSSR count). The number of methoxy groups -OCH3 is 2. The maximum atomic E-state index is 13.0. The molecule has 2 heterocycles. The zero-order valence-electron chi connectivity index (χ0n) is 17.1. The number of nitrogens with zero attached hydrogens (tertiary/aromatic N) is 4. The second-order valence-corrected chi connectivity index (χ2v) is 6.62. The van der Waals surface area contributed by atoms with Gasteiger partial charge in [0.2, 0.25) is 5.95 Å². The summed E-state index contributed by atoms with van der Waals surface area (Å²) in [7, 11) is 3.23. The Morgan fingerprint density at radius 3 is 2.23 bits per heavy atom. The number of rotatable bonds is 7. The summed E-state index contributed by atoms with van der Waals surface area (Å²) in [5, 5.41) is 7.65. The molecule has 0 radical (unpaired) electrons. The molecule has 2 aromatic carbocycles. The Morgan fingerprint density at radius 1 is 0.935 bits per heavy atom. The van der Waals surface area contributed by atoms with Gasteiger partial charge in [-0.3, -0.25) is 9.78 Å². The minimum absolute atomic E-state index is 0.279. The van der Waals surface area contributed by atoms with Gasteiger partial charge >= 0.3 is 0 Å². The van der Waals surface area contributed by atoms with E-state index in [1.54, 1.807) is 38.6 Å². The van der Waals surface area contributed by atoms with Gasteiger partial charge in [-0.05, 0) is 54.1 Å². The van der Waals surface area contributed by atoms with E-state index in [2.05, 4.69) is 20.4 Å². The highest BCUT2D eigenvalue weighted by atomic mass is 16.5. The highest BCUT2D eigenvalue weighted by Crippen LogP contribution is 2.22. The molecule has 0 aliphatic heterocycles. The Balaban J connectivity index is 1.65. The Labute approximate surface area is 179 Å². The van der Waals surface area contributed by atoms with E-state index in [1.165, 1.54) is 4.68 Å². The van der Waals surface area contributed by atoms with Gasteiger partial charge in [-0.25, -0.2) is 0 Å². The quantitative estimate of drug-likeness (QED) is 0.492. The number of carbonyl (C=O) groups is 1. The Kier molecular flexibility index (Phi) is 5.89. The molecule has 0 aliphatic carbocycles. The van der Waals surface area contributed by atoms with Crippen molar-refractivity contribution < 1.29 is 14.3 Å². The third-order valence-electron chi connectivity index (χ3n) is 4.64. The first-order valence-electron chi connectivity index (χ1n) is 9.62. The molecule has 31 heavy (non-hydrogen) atoms. The van der Waals surface area contributed by atoms with Gasteiger partial charge in [0.15, 0.2) is 5.82 Å². The number of carbonyl (C=O) groups excluding carboxylic acids is 1. The zero-order valence-corrected chi connectivity index (χ0v) is 17.1.